The van der Waals surface area contributed by atoms with Crippen molar-refractivity contribution < 1.29 is 23.9 Å². The smallest absolute Gasteiger partial charge is 0.255 e. The number of benzene rings is 2. The molecule has 8 heterocycles. The molecule has 10 rings (SSSR count). The number of halogens is 1. The minimum absolute atomic E-state index is 0.0471. The number of piperidine rings is 1. The summed E-state index contributed by atoms with van der Waals surface area (Å²) in [5.41, 5.74) is 5.77. The number of rotatable bonds is 6. The average Bonchev–Trinajstić information content (AvgIpc) is 3.88. The van der Waals surface area contributed by atoms with Gasteiger partial charge in [0.2, 0.25) is 11.8 Å². The monoisotopic (exact) mass is 757 g/mol. The van der Waals surface area contributed by atoms with E-state index in [4.69, 9.17) is 10.1 Å². The van der Waals surface area contributed by atoms with Crippen molar-refractivity contribution in [3.8, 4) is 17.0 Å². The fourth-order valence-electron chi connectivity index (χ4n) is 9.18. The number of fused-ring (bicyclic) bond motifs is 5. The summed E-state index contributed by atoms with van der Waals surface area (Å²) in [6.07, 6.45) is 5.25. The van der Waals surface area contributed by atoms with Gasteiger partial charge in [0.15, 0.2) is 23.0 Å². The fourth-order valence-corrected chi connectivity index (χ4v) is 9.18. The standard InChI is InChI=1S/C40H40FN11O4/c1-40-16-27(21-51(40)33-15-31(46-47-36(33)43-22-40)28-3-2-4-30(41)35(28)54)52-37-25(18-44-52)13-23(17-42-37)19-48-9-11-49(12-10-48)26-6-5-24-20-50(39(56)29(24)14-26)32-7-8-34(53)45-38(32)55/h2-6,13-15,17-18,27,32,54H,7-12,16,19-22H2,1H3,(H,43,47)(H,45,53,55)/t27-,32+,40-/m1/s1. The Morgan fingerprint density at radius 3 is 2.70 bits per heavy atom. The molecule has 3 fully saturated rings. The molecule has 0 bridgehead atoms. The van der Waals surface area contributed by atoms with Crippen LogP contribution < -0.4 is 20.4 Å². The van der Waals surface area contributed by atoms with Crippen molar-refractivity contribution in [3.05, 3.63) is 83.4 Å². The van der Waals surface area contributed by atoms with Gasteiger partial charge in [-0.2, -0.15) is 5.10 Å². The normalized spacial score (nSPS) is 23.6. The maximum Gasteiger partial charge on any atom is 0.255 e. The van der Waals surface area contributed by atoms with E-state index in [0.29, 0.717) is 48.7 Å². The first-order chi connectivity index (χ1) is 27.1. The highest BCUT2D eigenvalue weighted by Gasteiger charge is 2.47. The van der Waals surface area contributed by atoms with Gasteiger partial charge in [-0.1, -0.05) is 12.1 Å². The van der Waals surface area contributed by atoms with E-state index in [2.05, 4.69) is 54.6 Å². The SMILES string of the molecule is C[C@@]12CNc3nnc(-c4cccc(F)c4O)cc3N1C[C@H](n1ncc3cc(CN4CCN(c5ccc6c(c5)C(=O)N([C@H]5CCC(=O)NC5=O)C6)CC4)cnc31)C2. The summed E-state index contributed by atoms with van der Waals surface area (Å²) in [4.78, 5) is 51.0. The molecule has 2 aromatic carbocycles. The second-order valence-electron chi connectivity index (χ2n) is 15.8. The van der Waals surface area contributed by atoms with Crippen molar-refractivity contribution in [2.75, 3.05) is 54.4 Å². The molecule has 5 aliphatic heterocycles. The number of phenols is 1. The summed E-state index contributed by atoms with van der Waals surface area (Å²) >= 11 is 0. The van der Waals surface area contributed by atoms with Crippen LogP contribution in [0, 0.1) is 5.82 Å². The van der Waals surface area contributed by atoms with E-state index in [1.54, 1.807) is 17.0 Å². The van der Waals surface area contributed by atoms with Gasteiger partial charge in [-0.05, 0) is 67.3 Å². The molecular formula is C40H40FN11O4. The summed E-state index contributed by atoms with van der Waals surface area (Å²) in [5.74, 6) is -1.35. The molecule has 16 heteroatoms. The molecule has 3 saturated heterocycles. The van der Waals surface area contributed by atoms with E-state index in [0.717, 1.165) is 72.7 Å². The van der Waals surface area contributed by atoms with Crippen molar-refractivity contribution in [1.82, 2.24) is 40.1 Å². The lowest BCUT2D eigenvalue weighted by Gasteiger charge is -2.41. The van der Waals surface area contributed by atoms with Crippen LogP contribution in [0.4, 0.5) is 21.6 Å². The van der Waals surface area contributed by atoms with Crippen LogP contribution in [0.1, 0.15) is 53.7 Å². The third-order valence-electron chi connectivity index (χ3n) is 12.2. The van der Waals surface area contributed by atoms with Crippen molar-refractivity contribution in [2.24, 2.45) is 0 Å². The lowest BCUT2D eigenvalue weighted by Crippen LogP contribution is -2.52. The Bertz CT molecular complexity index is 2450. The van der Waals surface area contributed by atoms with Crippen LogP contribution >= 0.6 is 0 Å². The molecule has 5 aromatic rings. The van der Waals surface area contributed by atoms with Crippen LogP contribution in [0.5, 0.6) is 5.75 Å². The molecular weight excluding hydrogens is 718 g/mol. The van der Waals surface area contributed by atoms with Gasteiger partial charge in [-0.3, -0.25) is 24.6 Å². The first-order valence-electron chi connectivity index (χ1n) is 19.1. The number of imide groups is 1. The lowest BCUT2D eigenvalue weighted by molar-refractivity contribution is -0.136. The minimum atomic E-state index is -0.704. The summed E-state index contributed by atoms with van der Waals surface area (Å²) in [6, 6.07) is 13.8. The molecule has 15 nitrogen and oxygen atoms in total. The first kappa shape index (κ1) is 34.3. The maximum atomic E-state index is 14.2. The maximum absolute atomic E-state index is 14.2. The molecule has 0 spiro atoms. The highest BCUT2D eigenvalue weighted by Crippen LogP contribution is 2.46. The predicted octanol–water partition coefficient (Wildman–Crippen LogP) is 3.45. The highest BCUT2D eigenvalue weighted by molar-refractivity contribution is 6.05. The number of hydrogen-bond acceptors (Lipinski definition) is 12. The van der Waals surface area contributed by atoms with Crippen LogP contribution in [0.15, 0.2) is 60.9 Å². The number of pyridine rings is 1. The Balaban J connectivity index is 0.794. The Kier molecular flexibility index (Phi) is 7.95. The van der Waals surface area contributed by atoms with Crippen molar-refractivity contribution in [1.29, 1.82) is 0 Å². The van der Waals surface area contributed by atoms with Crippen molar-refractivity contribution >= 4 is 45.9 Å². The summed E-state index contributed by atoms with van der Waals surface area (Å²) < 4.78 is 16.2. The largest absolute Gasteiger partial charge is 0.504 e. The number of nitrogens with zero attached hydrogens (tertiary/aromatic N) is 9. The third kappa shape index (κ3) is 5.69. The zero-order valence-electron chi connectivity index (χ0n) is 30.8. The minimum Gasteiger partial charge on any atom is -0.504 e. The molecule has 286 valence electrons. The fraction of sp³-hybridized carbons (Fsp3) is 0.375. The van der Waals surface area contributed by atoms with Gasteiger partial charge in [-0.25, -0.2) is 14.1 Å². The van der Waals surface area contributed by atoms with Crippen molar-refractivity contribution in [2.45, 2.75) is 56.9 Å². The number of para-hydroxylation sites is 1. The Hall–Kier alpha value is -6.16. The molecule has 56 heavy (non-hydrogen) atoms. The van der Waals surface area contributed by atoms with Crippen LogP contribution in [0.25, 0.3) is 22.3 Å². The van der Waals surface area contributed by atoms with E-state index in [9.17, 15) is 23.9 Å². The van der Waals surface area contributed by atoms with Gasteiger partial charge < -0.3 is 25.1 Å². The molecule has 3 amide bonds. The Morgan fingerprint density at radius 2 is 1.86 bits per heavy atom. The van der Waals surface area contributed by atoms with Gasteiger partial charge in [0.1, 0.15) is 6.04 Å². The van der Waals surface area contributed by atoms with Gasteiger partial charge in [0.05, 0.1) is 29.2 Å². The number of anilines is 3. The topological polar surface area (TPSA) is 165 Å². The van der Waals surface area contributed by atoms with Gasteiger partial charge in [-0.15, -0.1) is 10.2 Å². The summed E-state index contributed by atoms with van der Waals surface area (Å²) in [6.45, 7) is 8.00. The van der Waals surface area contributed by atoms with Crippen LogP contribution in [0.3, 0.4) is 0 Å². The molecule has 3 aromatic heterocycles. The summed E-state index contributed by atoms with van der Waals surface area (Å²) in [7, 11) is 0. The summed E-state index contributed by atoms with van der Waals surface area (Å²) in [5, 5.41) is 30.7. The molecule has 0 aliphatic carbocycles. The number of phenolic OH excluding ortho intramolecular Hbond substituents is 1. The molecule has 3 atom stereocenters. The molecule has 3 N–H and O–H groups in total. The van der Waals surface area contributed by atoms with Gasteiger partial charge >= 0.3 is 0 Å². The zero-order valence-corrected chi connectivity index (χ0v) is 30.8. The van der Waals surface area contributed by atoms with E-state index < -0.39 is 23.5 Å². The molecule has 5 aliphatic rings. The third-order valence-corrected chi connectivity index (χ3v) is 12.2. The van der Waals surface area contributed by atoms with Crippen LogP contribution in [-0.4, -0.2) is 108 Å². The number of amides is 3. The van der Waals surface area contributed by atoms with E-state index in [1.807, 2.05) is 35.3 Å². The second-order valence-corrected chi connectivity index (χ2v) is 15.8. The number of carbonyl (C=O) groups is 3. The van der Waals surface area contributed by atoms with E-state index in [-0.39, 0.29) is 29.8 Å². The van der Waals surface area contributed by atoms with E-state index >= 15 is 0 Å². The van der Waals surface area contributed by atoms with Crippen LogP contribution in [-0.2, 0) is 22.7 Å². The number of aromatic hydroxyl groups is 1. The predicted molar refractivity (Wildman–Crippen MR) is 204 cm³/mol. The molecule has 0 radical (unpaired) electrons. The van der Waals surface area contributed by atoms with E-state index in [1.165, 1.54) is 6.07 Å². The van der Waals surface area contributed by atoms with Crippen LogP contribution in [0.2, 0.25) is 0 Å². The Labute approximate surface area is 321 Å². The number of carbonyl (C=O) groups excluding carboxylic acids is 3. The average molecular weight is 758 g/mol. The van der Waals surface area contributed by atoms with Crippen molar-refractivity contribution in [3.63, 3.8) is 0 Å². The van der Waals surface area contributed by atoms with Gasteiger partial charge in [0.25, 0.3) is 5.91 Å². The molecule has 0 saturated carbocycles. The zero-order chi connectivity index (χ0) is 38.3. The first-order valence-corrected chi connectivity index (χ1v) is 19.1. The van der Waals surface area contributed by atoms with Gasteiger partial charge in [0, 0.05) is 87.2 Å². The number of nitrogens with one attached hydrogen (secondary N) is 2. The molecule has 0 unspecified atom stereocenters. The number of hydrogen-bond donors (Lipinski definition) is 3. The lowest BCUT2D eigenvalue weighted by atomic mass is 9.95. The number of piperazine rings is 1. The second kappa shape index (κ2) is 13.0. The quantitative estimate of drug-likeness (QED) is 0.217. The highest BCUT2D eigenvalue weighted by atomic mass is 19.1. The Morgan fingerprint density at radius 1 is 1.00 bits per heavy atom. The number of aromatic nitrogens is 5.